The predicted octanol–water partition coefficient (Wildman–Crippen LogP) is 3.27. The summed E-state index contributed by atoms with van der Waals surface area (Å²) in [5, 5.41) is 2.92. The Morgan fingerprint density at radius 1 is 1.47 bits per heavy atom. The molecule has 1 amide bonds. The summed E-state index contributed by atoms with van der Waals surface area (Å²) in [5.41, 5.74) is 1.90. The Hall–Kier alpha value is -0.870. The van der Waals surface area contributed by atoms with Crippen LogP contribution >= 0.6 is 15.9 Å². The number of halogens is 1. The number of carbonyl (C=O) groups is 1. The number of benzene rings is 1. The second kappa shape index (κ2) is 5.65. The zero-order valence-corrected chi connectivity index (χ0v) is 11.4. The zero-order valence-electron chi connectivity index (χ0n) is 9.83. The summed E-state index contributed by atoms with van der Waals surface area (Å²) in [5.74, 6) is -0.0323. The van der Waals surface area contributed by atoms with Gasteiger partial charge in [0.05, 0.1) is 0 Å². The van der Waals surface area contributed by atoms with Crippen LogP contribution < -0.4 is 5.32 Å². The highest BCUT2D eigenvalue weighted by Crippen LogP contribution is 2.21. The summed E-state index contributed by atoms with van der Waals surface area (Å²) in [6, 6.07) is 5.81. The monoisotopic (exact) mass is 297 g/mol. The lowest BCUT2D eigenvalue weighted by Crippen LogP contribution is -2.33. The minimum Gasteiger partial charge on any atom is -0.368 e. The van der Waals surface area contributed by atoms with E-state index in [9.17, 15) is 4.79 Å². The van der Waals surface area contributed by atoms with E-state index in [0.29, 0.717) is 6.61 Å². The quantitative estimate of drug-likeness (QED) is 0.910. The maximum absolute atomic E-state index is 12.0. The van der Waals surface area contributed by atoms with Crippen LogP contribution in [0.25, 0.3) is 0 Å². The van der Waals surface area contributed by atoms with Gasteiger partial charge < -0.3 is 10.1 Å². The molecule has 1 heterocycles. The molecule has 1 aliphatic rings. The molecule has 4 heteroatoms. The van der Waals surface area contributed by atoms with Crippen LogP contribution in [0.2, 0.25) is 0 Å². The number of carbonyl (C=O) groups excluding carboxylic acids is 1. The molecule has 0 spiro atoms. The van der Waals surface area contributed by atoms with E-state index in [1.165, 1.54) is 0 Å². The molecule has 0 aliphatic carbocycles. The highest BCUT2D eigenvalue weighted by molar-refractivity contribution is 9.10. The number of rotatable bonds is 2. The number of nitrogens with one attached hydrogen (secondary N) is 1. The Labute approximate surface area is 110 Å². The number of amides is 1. The molecule has 1 saturated heterocycles. The van der Waals surface area contributed by atoms with Gasteiger partial charge in [0, 0.05) is 16.8 Å². The highest BCUT2D eigenvalue weighted by Gasteiger charge is 2.22. The number of ether oxygens (including phenoxy) is 1. The molecule has 1 atom stereocenters. The van der Waals surface area contributed by atoms with Crippen molar-refractivity contribution in [3.8, 4) is 0 Å². The van der Waals surface area contributed by atoms with Gasteiger partial charge in [-0.2, -0.15) is 0 Å². The Morgan fingerprint density at radius 3 is 2.94 bits per heavy atom. The first kappa shape index (κ1) is 12.6. The molecule has 1 aliphatic heterocycles. The molecule has 1 aromatic rings. The highest BCUT2D eigenvalue weighted by atomic mass is 79.9. The van der Waals surface area contributed by atoms with Crippen LogP contribution in [0.4, 0.5) is 5.69 Å². The van der Waals surface area contributed by atoms with Gasteiger partial charge in [0.15, 0.2) is 0 Å². The minimum atomic E-state index is -0.285. The van der Waals surface area contributed by atoms with Crippen molar-refractivity contribution in [2.75, 3.05) is 11.9 Å². The summed E-state index contributed by atoms with van der Waals surface area (Å²) >= 11 is 3.40. The van der Waals surface area contributed by atoms with Gasteiger partial charge in [-0.25, -0.2) is 0 Å². The fraction of sp³-hybridized carbons (Fsp3) is 0.462. The van der Waals surface area contributed by atoms with Gasteiger partial charge in [0.25, 0.3) is 5.91 Å². The van der Waals surface area contributed by atoms with Crippen molar-refractivity contribution in [2.45, 2.75) is 32.3 Å². The summed E-state index contributed by atoms with van der Waals surface area (Å²) in [7, 11) is 0. The normalized spacial score (nSPS) is 20.0. The maximum atomic E-state index is 12.0. The molecule has 0 saturated carbocycles. The lowest BCUT2D eigenvalue weighted by molar-refractivity contribution is -0.129. The first-order chi connectivity index (χ1) is 8.16. The molecule has 92 valence electrons. The summed E-state index contributed by atoms with van der Waals surface area (Å²) in [6.07, 6.45) is 2.66. The Bertz CT molecular complexity index is 414. The average molecular weight is 298 g/mol. The van der Waals surface area contributed by atoms with Crippen LogP contribution in [-0.4, -0.2) is 18.6 Å². The third kappa shape index (κ3) is 3.30. The first-order valence-corrected chi connectivity index (χ1v) is 6.65. The zero-order chi connectivity index (χ0) is 12.3. The van der Waals surface area contributed by atoms with Crippen LogP contribution in [-0.2, 0) is 9.53 Å². The number of hydrogen-bond acceptors (Lipinski definition) is 2. The van der Waals surface area contributed by atoms with Crippen molar-refractivity contribution in [3.05, 3.63) is 28.2 Å². The Kier molecular flexibility index (Phi) is 4.18. The molecule has 17 heavy (non-hydrogen) atoms. The third-order valence-corrected chi connectivity index (χ3v) is 3.41. The van der Waals surface area contributed by atoms with Gasteiger partial charge in [0.1, 0.15) is 6.10 Å². The van der Waals surface area contributed by atoms with Crippen LogP contribution in [0.1, 0.15) is 24.8 Å². The standard InChI is InChI=1S/C13H16BrNO2/c1-9-8-10(14)5-6-11(9)15-13(16)12-4-2-3-7-17-12/h5-6,8,12H,2-4,7H2,1H3,(H,15,16). The van der Waals surface area contributed by atoms with Gasteiger partial charge in [-0.3, -0.25) is 4.79 Å². The Morgan fingerprint density at radius 2 is 2.29 bits per heavy atom. The van der Waals surface area contributed by atoms with E-state index in [-0.39, 0.29) is 12.0 Å². The van der Waals surface area contributed by atoms with Crippen molar-refractivity contribution in [1.29, 1.82) is 0 Å². The second-order valence-electron chi connectivity index (χ2n) is 4.30. The summed E-state index contributed by atoms with van der Waals surface area (Å²) in [4.78, 5) is 12.0. The van der Waals surface area contributed by atoms with Gasteiger partial charge in [-0.1, -0.05) is 15.9 Å². The molecule has 0 aromatic heterocycles. The fourth-order valence-electron chi connectivity index (χ4n) is 1.93. The summed E-state index contributed by atoms with van der Waals surface area (Å²) in [6.45, 7) is 2.67. The molecule has 0 radical (unpaired) electrons. The molecular weight excluding hydrogens is 282 g/mol. The second-order valence-corrected chi connectivity index (χ2v) is 5.22. The van der Waals surface area contributed by atoms with Crippen LogP contribution in [0.3, 0.4) is 0 Å². The number of hydrogen-bond donors (Lipinski definition) is 1. The lowest BCUT2D eigenvalue weighted by Gasteiger charge is -2.22. The van der Waals surface area contributed by atoms with Crippen molar-refractivity contribution in [3.63, 3.8) is 0 Å². The molecule has 1 fully saturated rings. The largest absolute Gasteiger partial charge is 0.368 e. The lowest BCUT2D eigenvalue weighted by atomic mass is 10.1. The topological polar surface area (TPSA) is 38.3 Å². The van der Waals surface area contributed by atoms with Crippen LogP contribution in [0, 0.1) is 6.92 Å². The minimum absolute atomic E-state index is 0.0323. The van der Waals surface area contributed by atoms with E-state index in [2.05, 4.69) is 21.2 Å². The summed E-state index contributed by atoms with van der Waals surface area (Å²) < 4.78 is 6.47. The SMILES string of the molecule is Cc1cc(Br)ccc1NC(=O)C1CCCCO1. The van der Waals surface area contributed by atoms with Crippen molar-refractivity contribution >= 4 is 27.5 Å². The number of aryl methyl sites for hydroxylation is 1. The molecule has 2 rings (SSSR count). The van der Waals surface area contributed by atoms with Crippen molar-refractivity contribution in [2.24, 2.45) is 0 Å². The predicted molar refractivity (Wildman–Crippen MR) is 71.1 cm³/mol. The van der Waals surface area contributed by atoms with E-state index in [4.69, 9.17) is 4.74 Å². The van der Waals surface area contributed by atoms with E-state index in [0.717, 1.165) is 35.0 Å². The molecule has 1 aromatic carbocycles. The van der Waals surface area contributed by atoms with E-state index < -0.39 is 0 Å². The maximum Gasteiger partial charge on any atom is 0.253 e. The molecule has 0 bridgehead atoms. The van der Waals surface area contributed by atoms with Gasteiger partial charge in [0.2, 0.25) is 0 Å². The van der Waals surface area contributed by atoms with Gasteiger partial charge in [-0.05, 0) is 49.9 Å². The molecule has 1 unspecified atom stereocenters. The van der Waals surface area contributed by atoms with Crippen molar-refractivity contribution < 1.29 is 9.53 Å². The van der Waals surface area contributed by atoms with E-state index in [1.807, 2.05) is 25.1 Å². The molecular formula is C13H16BrNO2. The molecule has 1 N–H and O–H groups in total. The fourth-order valence-corrected chi connectivity index (χ4v) is 2.40. The number of anilines is 1. The van der Waals surface area contributed by atoms with Crippen LogP contribution in [0.15, 0.2) is 22.7 Å². The van der Waals surface area contributed by atoms with Crippen LogP contribution in [0.5, 0.6) is 0 Å². The van der Waals surface area contributed by atoms with E-state index >= 15 is 0 Å². The molecule has 3 nitrogen and oxygen atoms in total. The smallest absolute Gasteiger partial charge is 0.253 e. The van der Waals surface area contributed by atoms with Gasteiger partial charge >= 0.3 is 0 Å². The third-order valence-electron chi connectivity index (χ3n) is 2.92. The van der Waals surface area contributed by atoms with Gasteiger partial charge in [-0.15, -0.1) is 0 Å². The Balaban J connectivity index is 2.02. The first-order valence-electron chi connectivity index (χ1n) is 5.85. The van der Waals surface area contributed by atoms with E-state index in [1.54, 1.807) is 0 Å². The average Bonchev–Trinajstić information content (AvgIpc) is 2.34. The van der Waals surface area contributed by atoms with Crippen molar-refractivity contribution in [1.82, 2.24) is 0 Å².